The molecule has 0 radical (unpaired) electrons. The Hall–Kier alpha value is -2.31. The van der Waals surface area contributed by atoms with Crippen molar-refractivity contribution in [2.24, 2.45) is 0 Å². The average Bonchev–Trinajstić information content (AvgIpc) is 3.06. The summed E-state index contributed by atoms with van der Waals surface area (Å²) >= 11 is 0. The predicted octanol–water partition coefficient (Wildman–Crippen LogP) is 2.52. The number of rotatable bonds is 4. The second-order valence-electron chi connectivity index (χ2n) is 6.62. The van der Waals surface area contributed by atoms with Crippen LogP contribution in [-0.2, 0) is 13.2 Å². The number of hydrogen-bond acceptors (Lipinski definition) is 5. The molecule has 0 bridgehead atoms. The maximum absolute atomic E-state index is 12.6. The van der Waals surface area contributed by atoms with Gasteiger partial charge in [0.1, 0.15) is 6.67 Å². The lowest BCUT2D eigenvalue weighted by atomic mass is 10.1. The molecule has 0 amide bonds. The number of aryl methyl sites for hydroxylation is 1. The van der Waals surface area contributed by atoms with Gasteiger partial charge in [0.05, 0.1) is 17.4 Å². The first-order chi connectivity index (χ1) is 12.2. The zero-order valence-electron chi connectivity index (χ0n) is 14.3. The fourth-order valence-corrected chi connectivity index (χ4v) is 3.45. The van der Waals surface area contributed by atoms with Gasteiger partial charge in [0.2, 0.25) is 0 Å². The molecule has 6 heteroatoms. The van der Waals surface area contributed by atoms with Gasteiger partial charge in [-0.3, -0.25) is 14.9 Å². The fraction of sp³-hybridized carbons (Fsp3) is 0.368. The van der Waals surface area contributed by atoms with Crippen molar-refractivity contribution in [1.29, 1.82) is 0 Å². The van der Waals surface area contributed by atoms with E-state index in [2.05, 4.69) is 44.4 Å². The summed E-state index contributed by atoms with van der Waals surface area (Å²) in [5.41, 5.74) is 8.73. The minimum absolute atomic E-state index is 0.140. The van der Waals surface area contributed by atoms with E-state index in [1.165, 1.54) is 11.3 Å². The topological polar surface area (TPSA) is 44.3 Å². The standard InChI is InChI=1S/C19H22FN5/c1-14-3-2-6-21-19(14)18-9-17-13-24(7-8-25(17)23-18)12-15-4-5-16(10-20)22-11-15/h2-6,9,11,18,23H,7-8,10,12-13H2,1H3. The van der Waals surface area contributed by atoms with Gasteiger partial charge >= 0.3 is 0 Å². The van der Waals surface area contributed by atoms with Crippen molar-refractivity contribution in [1.82, 2.24) is 25.3 Å². The zero-order chi connectivity index (χ0) is 17.2. The molecule has 5 nitrogen and oxygen atoms in total. The van der Waals surface area contributed by atoms with Gasteiger partial charge in [0.15, 0.2) is 0 Å². The van der Waals surface area contributed by atoms with Gasteiger partial charge in [-0.1, -0.05) is 12.1 Å². The van der Waals surface area contributed by atoms with Gasteiger partial charge < -0.3 is 5.01 Å². The minimum atomic E-state index is -0.508. The molecule has 25 heavy (non-hydrogen) atoms. The summed E-state index contributed by atoms with van der Waals surface area (Å²) < 4.78 is 12.6. The van der Waals surface area contributed by atoms with E-state index in [9.17, 15) is 4.39 Å². The number of pyridine rings is 2. The molecule has 0 spiro atoms. The molecule has 130 valence electrons. The zero-order valence-corrected chi connectivity index (χ0v) is 14.3. The first-order valence-corrected chi connectivity index (χ1v) is 8.61. The number of hydrazine groups is 1. The molecule has 0 aliphatic carbocycles. The predicted molar refractivity (Wildman–Crippen MR) is 94.0 cm³/mol. The number of halogens is 1. The Kier molecular flexibility index (Phi) is 4.46. The molecule has 0 saturated carbocycles. The Morgan fingerprint density at radius 3 is 2.92 bits per heavy atom. The van der Waals surface area contributed by atoms with Crippen LogP contribution in [-0.4, -0.2) is 39.5 Å². The van der Waals surface area contributed by atoms with Gasteiger partial charge in [0, 0.05) is 44.3 Å². The number of piperazine rings is 1. The van der Waals surface area contributed by atoms with Crippen LogP contribution >= 0.6 is 0 Å². The molecule has 4 heterocycles. The Morgan fingerprint density at radius 1 is 1.24 bits per heavy atom. The van der Waals surface area contributed by atoms with Crippen LogP contribution in [0.4, 0.5) is 4.39 Å². The van der Waals surface area contributed by atoms with E-state index in [1.54, 1.807) is 12.3 Å². The summed E-state index contributed by atoms with van der Waals surface area (Å²) in [5.74, 6) is 0. The van der Waals surface area contributed by atoms with Gasteiger partial charge in [-0.15, -0.1) is 0 Å². The van der Waals surface area contributed by atoms with E-state index >= 15 is 0 Å². The molecule has 2 aromatic rings. The first-order valence-electron chi connectivity index (χ1n) is 8.61. The summed E-state index contributed by atoms with van der Waals surface area (Å²) in [4.78, 5) is 11.1. The van der Waals surface area contributed by atoms with Crippen LogP contribution in [0.1, 0.15) is 28.6 Å². The van der Waals surface area contributed by atoms with Crippen molar-refractivity contribution in [2.75, 3.05) is 19.6 Å². The highest BCUT2D eigenvalue weighted by Gasteiger charge is 2.30. The van der Waals surface area contributed by atoms with Crippen LogP contribution in [0.15, 0.2) is 48.4 Å². The maximum atomic E-state index is 12.6. The quantitative estimate of drug-likeness (QED) is 0.927. The van der Waals surface area contributed by atoms with Crippen molar-refractivity contribution in [3.63, 3.8) is 0 Å². The largest absolute Gasteiger partial charge is 0.309 e. The second kappa shape index (κ2) is 6.90. The molecule has 1 unspecified atom stereocenters. The van der Waals surface area contributed by atoms with Crippen LogP contribution in [0.25, 0.3) is 0 Å². The third kappa shape index (κ3) is 3.41. The molecular weight excluding hydrogens is 317 g/mol. The van der Waals surface area contributed by atoms with Crippen molar-refractivity contribution < 1.29 is 4.39 Å². The molecule has 2 aliphatic heterocycles. The SMILES string of the molecule is Cc1cccnc1C1C=C2CN(Cc3ccc(CF)nc3)CCN2N1. The van der Waals surface area contributed by atoms with Crippen molar-refractivity contribution in [2.45, 2.75) is 26.2 Å². The number of hydrogen-bond donors (Lipinski definition) is 1. The maximum Gasteiger partial charge on any atom is 0.131 e. The lowest BCUT2D eigenvalue weighted by Gasteiger charge is -2.35. The smallest absolute Gasteiger partial charge is 0.131 e. The van der Waals surface area contributed by atoms with E-state index < -0.39 is 6.67 Å². The molecule has 1 fully saturated rings. The van der Waals surface area contributed by atoms with E-state index in [0.717, 1.165) is 37.4 Å². The summed E-state index contributed by atoms with van der Waals surface area (Å²) in [6.07, 6.45) is 5.90. The Labute approximate surface area is 147 Å². The van der Waals surface area contributed by atoms with Crippen LogP contribution in [0, 0.1) is 6.92 Å². The average molecular weight is 339 g/mol. The first kappa shape index (κ1) is 16.2. The number of nitrogens with one attached hydrogen (secondary N) is 1. The summed E-state index contributed by atoms with van der Waals surface area (Å²) in [6, 6.07) is 7.94. The third-order valence-corrected chi connectivity index (χ3v) is 4.80. The Bertz CT molecular complexity index is 774. The van der Waals surface area contributed by atoms with Crippen LogP contribution in [0.5, 0.6) is 0 Å². The normalized spacial score (nSPS) is 20.5. The molecule has 1 saturated heterocycles. The van der Waals surface area contributed by atoms with Crippen LogP contribution < -0.4 is 5.43 Å². The summed E-state index contributed by atoms with van der Waals surface area (Å²) in [5, 5.41) is 2.24. The Morgan fingerprint density at radius 2 is 2.16 bits per heavy atom. The number of fused-ring (bicyclic) bond motifs is 1. The summed E-state index contributed by atoms with van der Waals surface area (Å²) in [6.45, 7) is 5.22. The monoisotopic (exact) mass is 339 g/mol. The molecule has 0 aromatic carbocycles. The highest BCUT2D eigenvalue weighted by Crippen LogP contribution is 2.27. The molecule has 2 aromatic heterocycles. The van der Waals surface area contributed by atoms with Crippen LogP contribution in [0.3, 0.4) is 0 Å². The fourth-order valence-electron chi connectivity index (χ4n) is 3.45. The molecule has 2 aliphatic rings. The van der Waals surface area contributed by atoms with Crippen LogP contribution in [0.2, 0.25) is 0 Å². The van der Waals surface area contributed by atoms with Gasteiger partial charge in [-0.25, -0.2) is 9.82 Å². The van der Waals surface area contributed by atoms with Crippen molar-refractivity contribution >= 4 is 0 Å². The number of alkyl halides is 1. The molecule has 1 atom stereocenters. The lowest BCUT2D eigenvalue weighted by Crippen LogP contribution is -2.47. The van der Waals surface area contributed by atoms with Gasteiger partial charge in [0.25, 0.3) is 0 Å². The van der Waals surface area contributed by atoms with E-state index in [1.807, 2.05) is 18.3 Å². The van der Waals surface area contributed by atoms with E-state index in [-0.39, 0.29) is 6.04 Å². The van der Waals surface area contributed by atoms with Gasteiger partial charge in [-0.05, 0) is 36.3 Å². The molecule has 4 rings (SSSR count). The van der Waals surface area contributed by atoms with E-state index in [4.69, 9.17) is 0 Å². The second-order valence-corrected chi connectivity index (χ2v) is 6.62. The van der Waals surface area contributed by atoms with Gasteiger partial charge in [-0.2, -0.15) is 0 Å². The number of nitrogens with zero attached hydrogens (tertiary/aromatic N) is 4. The third-order valence-electron chi connectivity index (χ3n) is 4.80. The highest BCUT2D eigenvalue weighted by atomic mass is 19.1. The number of aromatic nitrogens is 2. The Balaban J connectivity index is 1.44. The van der Waals surface area contributed by atoms with Crippen molar-refractivity contribution in [3.05, 3.63) is 70.9 Å². The minimum Gasteiger partial charge on any atom is -0.309 e. The molecular formula is C19H22FN5. The summed E-state index contributed by atoms with van der Waals surface area (Å²) in [7, 11) is 0. The lowest BCUT2D eigenvalue weighted by molar-refractivity contribution is 0.139. The van der Waals surface area contributed by atoms with Crippen molar-refractivity contribution in [3.8, 4) is 0 Å². The van der Waals surface area contributed by atoms with E-state index in [0.29, 0.717) is 5.69 Å². The highest BCUT2D eigenvalue weighted by molar-refractivity contribution is 5.29. The molecule has 1 N–H and O–H groups in total.